The van der Waals surface area contributed by atoms with Gasteiger partial charge in [0.1, 0.15) is 11.9 Å². The van der Waals surface area contributed by atoms with Gasteiger partial charge in [-0.1, -0.05) is 12.5 Å². The molecule has 0 aliphatic heterocycles. The van der Waals surface area contributed by atoms with Gasteiger partial charge in [-0.25, -0.2) is 0 Å². The summed E-state index contributed by atoms with van der Waals surface area (Å²) >= 11 is 0. The maximum atomic E-state index is 12.3. The predicted octanol–water partition coefficient (Wildman–Crippen LogP) is 3.38. The Morgan fingerprint density at radius 1 is 1.11 bits per heavy atom. The Morgan fingerprint density at radius 3 is 2.46 bits per heavy atom. The molecule has 0 bridgehead atoms. The number of esters is 1. The highest BCUT2D eigenvalue weighted by atomic mass is 16.5. The molecule has 0 aromatic rings. The number of carbonyl (C=O) groups is 3. The van der Waals surface area contributed by atoms with E-state index in [1.54, 1.807) is 13.0 Å². The van der Waals surface area contributed by atoms with Crippen molar-refractivity contribution in [1.29, 1.82) is 0 Å². The molecule has 0 radical (unpaired) electrons. The van der Waals surface area contributed by atoms with Crippen LogP contribution in [0.3, 0.4) is 0 Å². The van der Waals surface area contributed by atoms with Gasteiger partial charge in [0.2, 0.25) is 0 Å². The minimum Gasteiger partial charge on any atom is -0.461 e. The number of hydrogen-bond acceptors (Lipinski definition) is 5. The zero-order valence-corrected chi connectivity index (χ0v) is 17.4. The fraction of sp³-hybridized carbons (Fsp3) is 0.783. The largest absolute Gasteiger partial charge is 0.461 e. The molecule has 0 aromatic heterocycles. The van der Waals surface area contributed by atoms with Crippen molar-refractivity contribution in [3.63, 3.8) is 0 Å². The zero-order chi connectivity index (χ0) is 20.5. The first kappa shape index (κ1) is 19.8. The molecule has 28 heavy (non-hydrogen) atoms. The summed E-state index contributed by atoms with van der Waals surface area (Å²) in [5.74, 6) is 0.240. The van der Waals surface area contributed by atoms with Gasteiger partial charge in [0.05, 0.1) is 11.0 Å². The van der Waals surface area contributed by atoms with Crippen molar-refractivity contribution in [2.24, 2.45) is 28.6 Å². The molecule has 4 aliphatic carbocycles. The highest BCUT2D eigenvalue weighted by Crippen LogP contribution is 2.68. The fourth-order valence-electron chi connectivity index (χ4n) is 7.57. The molecule has 0 saturated heterocycles. The standard InChI is InChI=1S/C23H32O5/c1-13(24)17-7-8-18-19-6-5-15-11-16(26)12-20(28-14(2)25)22(15,4)23(19,27)10-9-21(17,18)3/h11,17-20,27H,5-10,12H2,1-4H3/t17-,18+,19+,20?,21-,22-,23-/m1/s1. The Kier molecular flexibility index (Phi) is 4.42. The first-order valence-corrected chi connectivity index (χ1v) is 10.7. The Morgan fingerprint density at radius 2 is 1.82 bits per heavy atom. The highest BCUT2D eigenvalue weighted by Gasteiger charge is 2.68. The molecular formula is C23H32O5. The number of rotatable bonds is 2. The van der Waals surface area contributed by atoms with Gasteiger partial charge in [0.15, 0.2) is 5.78 Å². The maximum absolute atomic E-state index is 12.3. The van der Waals surface area contributed by atoms with Crippen molar-refractivity contribution in [2.45, 2.75) is 84.3 Å². The van der Waals surface area contributed by atoms with E-state index < -0.39 is 23.1 Å². The number of Topliss-reactive ketones (excluding diaryl/α,β-unsaturated/α-hetero) is 1. The molecule has 5 heteroatoms. The van der Waals surface area contributed by atoms with Crippen molar-refractivity contribution in [1.82, 2.24) is 0 Å². The van der Waals surface area contributed by atoms with Crippen LogP contribution in [0.1, 0.15) is 72.6 Å². The Hall–Kier alpha value is -1.49. The summed E-state index contributed by atoms with van der Waals surface area (Å²) in [4.78, 5) is 36.3. The highest BCUT2D eigenvalue weighted by molar-refractivity contribution is 5.92. The third-order valence-corrected chi connectivity index (χ3v) is 9.01. The summed E-state index contributed by atoms with van der Waals surface area (Å²) in [6.45, 7) is 7.29. The van der Waals surface area contributed by atoms with E-state index in [4.69, 9.17) is 4.74 Å². The van der Waals surface area contributed by atoms with Crippen LogP contribution in [-0.2, 0) is 19.1 Å². The molecular weight excluding hydrogens is 356 g/mol. The number of fused-ring (bicyclic) bond motifs is 5. The first-order chi connectivity index (χ1) is 13.0. The van der Waals surface area contributed by atoms with Crippen LogP contribution in [-0.4, -0.2) is 34.3 Å². The molecule has 3 fully saturated rings. The molecule has 3 saturated carbocycles. The molecule has 0 spiro atoms. The lowest BCUT2D eigenvalue weighted by molar-refractivity contribution is -0.223. The average molecular weight is 389 g/mol. The summed E-state index contributed by atoms with van der Waals surface area (Å²) in [5.41, 5.74) is -0.904. The molecule has 7 atom stereocenters. The normalized spacial score (nSPS) is 47.5. The van der Waals surface area contributed by atoms with Gasteiger partial charge >= 0.3 is 5.97 Å². The van der Waals surface area contributed by atoms with Crippen LogP contribution in [0, 0.1) is 28.6 Å². The van der Waals surface area contributed by atoms with E-state index in [0.717, 1.165) is 37.7 Å². The Bertz CT molecular complexity index is 769. The molecule has 0 amide bonds. The van der Waals surface area contributed by atoms with Crippen LogP contribution in [0.25, 0.3) is 0 Å². The van der Waals surface area contributed by atoms with Gasteiger partial charge in [-0.05, 0) is 75.7 Å². The average Bonchev–Trinajstić information content (AvgIpc) is 2.94. The van der Waals surface area contributed by atoms with E-state index in [2.05, 4.69) is 6.92 Å². The van der Waals surface area contributed by atoms with Crippen LogP contribution in [0.2, 0.25) is 0 Å². The number of hydrogen-bond donors (Lipinski definition) is 1. The minimum absolute atomic E-state index is 0.0288. The Labute approximate surface area is 166 Å². The molecule has 0 heterocycles. The van der Waals surface area contributed by atoms with E-state index in [1.165, 1.54) is 6.92 Å². The van der Waals surface area contributed by atoms with Gasteiger partial charge in [-0.15, -0.1) is 0 Å². The molecule has 0 aromatic carbocycles. The van der Waals surface area contributed by atoms with Gasteiger partial charge in [-0.2, -0.15) is 0 Å². The molecule has 4 aliphatic rings. The molecule has 1 unspecified atom stereocenters. The second-order valence-electron chi connectivity index (χ2n) is 10.1. The lowest BCUT2D eigenvalue weighted by atomic mass is 9.43. The van der Waals surface area contributed by atoms with Crippen molar-refractivity contribution in [2.75, 3.05) is 0 Å². The van der Waals surface area contributed by atoms with Crippen LogP contribution < -0.4 is 0 Å². The number of aliphatic hydroxyl groups is 1. The molecule has 154 valence electrons. The lowest BCUT2D eigenvalue weighted by Gasteiger charge is -2.63. The van der Waals surface area contributed by atoms with Crippen molar-refractivity contribution < 1.29 is 24.2 Å². The summed E-state index contributed by atoms with van der Waals surface area (Å²) in [7, 11) is 0. The SMILES string of the molecule is CC(=O)OC1CC(=O)C=C2CC[C@H]3[C@@H]4CC[C@H](C(C)=O)[C@@]4(C)CC[C@]3(O)[C@]21C. The maximum Gasteiger partial charge on any atom is 0.302 e. The smallest absolute Gasteiger partial charge is 0.302 e. The van der Waals surface area contributed by atoms with E-state index in [9.17, 15) is 19.5 Å². The third kappa shape index (κ3) is 2.44. The monoisotopic (exact) mass is 388 g/mol. The van der Waals surface area contributed by atoms with Crippen LogP contribution in [0.15, 0.2) is 11.6 Å². The van der Waals surface area contributed by atoms with Gasteiger partial charge in [0.25, 0.3) is 0 Å². The topological polar surface area (TPSA) is 80.7 Å². The van der Waals surface area contributed by atoms with Crippen LogP contribution in [0.5, 0.6) is 0 Å². The van der Waals surface area contributed by atoms with Crippen molar-refractivity contribution >= 4 is 17.5 Å². The lowest BCUT2D eigenvalue weighted by Crippen LogP contribution is -2.67. The van der Waals surface area contributed by atoms with Gasteiger partial charge in [-0.3, -0.25) is 14.4 Å². The predicted molar refractivity (Wildman–Crippen MR) is 103 cm³/mol. The van der Waals surface area contributed by atoms with Crippen molar-refractivity contribution in [3.8, 4) is 0 Å². The summed E-state index contributed by atoms with van der Waals surface area (Å²) < 4.78 is 5.63. The summed E-state index contributed by atoms with van der Waals surface area (Å²) in [5, 5.41) is 12.2. The molecule has 4 rings (SSSR count). The Balaban J connectivity index is 1.77. The fourth-order valence-corrected chi connectivity index (χ4v) is 7.57. The second-order valence-corrected chi connectivity index (χ2v) is 10.1. The van der Waals surface area contributed by atoms with E-state index in [1.807, 2.05) is 6.92 Å². The summed E-state index contributed by atoms with van der Waals surface area (Å²) in [6.07, 6.45) is 5.98. The van der Waals surface area contributed by atoms with Crippen LogP contribution >= 0.6 is 0 Å². The number of ether oxygens (including phenoxy) is 1. The van der Waals surface area contributed by atoms with E-state index in [0.29, 0.717) is 6.42 Å². The third-order valence-electron chi connectivity index (χ3n) is 9.01. The van der Waals surface area contributed by atoms with Crippen molar-refractivity contribution in [3.05, 3.63) is 11.6 Å². The molecule has 5 nitrogen and oxygen atoms in total. The zero-order valence-electron chi connectivity index (χ0n) is 17.4. The van der Waals surface area contributed by atoms with Gasteiger partial charge in [0, 0.05) is 19.3 Å². The number of carbonyl (C=O) groups excluding carboxylic acids is 3. The minimum atomic E-state index is -1.02. The second kappa shape index (κ2) is 6.25. The van der Waals surface area contributed by atoms with E-state index >= 15 is 0 Å². The van der Waals surface area contributed by atoms with E-state index in [-0.39, 0.29) is 41.2 Å². The first-order valence-electron chi connectivity index (χ1n) is 10.7. The quantitative estimate of drug-likeness (QED) is 0.734. The molecule has 1 N–H and O–H groups in total. The van der Waals surface area contributed by atoms with Crippen LogP contribution in [0.4, 0.5) is 0 Å². The number of ketones is 2. The van der Waals surface area contributed by atoms with Gasteiger partial charge < -0.3 is 9.84 Å². The summed E-state index contributed by atoms with van der Waals surface area (Å²) in [6, 6.07) is 0.